The summed E-state index contributed by atoms with van der Waals surface area (Å²) in [6.45, 7) is 7.66. The molecule has 5 fully saturated rings. The lowest BCUT2D eigenvalue weighted by Crippen LogP contribution is -2.70. The highest BCUT2D eigenvalue weighted by Gasteiger charge is 2.69. The Hall–Kier alpha value is -1.74. The van der Waals surface area contributed by atoms with Crippen LogP contribution in [0.3, 0.4) is 0 Å². The second-order valence-corrected chi connectivity index (χ2v) is 10.1. The minimum atomic E-state index is -1.01. The largest absolute Gasteiger partial charge is 0.481 e. The SMILES string of the molecule is CC(C(=O)O)c1ccc(O[C@@H]2O[C@@H]3O[C@@]4(C)CC[C@H]5[C@H](C)CC[C@@H]([C@H]2C)[C@@]35OO4)c(F)c1. The van der Waals surface area contributed by atoms with E-state index < -0.39 is 41.7 Å². The molecule has 176 valence electrons. The van der Waals surface area contributed by atoms with E-state index in [0.29, 0.717) is 17.9 Å². The molecule has 32 heavy (non-hydrogen) atoms. The molecule has 4 heterocycles. The van der Waals surface area contributed by atoms with Crippen molar-refractivity contribution in [1.29, 1.82) is 0 Å². The molecule has 1 saturated carbocycles. The summed E-state index contributed by atoms with van der Waals surface area (Å²) < 4.78 is 33.4. The van der Waals surface area contributed by atoms with E-state index in [4.69, 9.17) is 24.0 Å². The summed E-state index contributed by atoms with van der Waals surface area (Å²) in [5, 5.41) is 9.19. The lowest BCUT2D eigenvalue weighted by Gasteiger charge is -2.60. The summed E-state index contributed by atoms with van der Waals surface area (Å²) in [5.74, 6) is -2.61. The van der Waals surface area contributed by atoms with Crippen LogP contribution in [0, 0.1) is 29.5 Å². The number of benzene rings is 1. The molecule has 4 saturated heterocycles. The quantitative estimate of drug-likeness (QED) is 0.671. The first-order valence-corrected chi connectivity index (χ1v) is 11.5. The van der Waals surface area contributed by atoms with Crippen LogP contribution < -0.4 is 4.74 Å². The number of fused-ring (bicyclic) bond motifs is 2. The fraction of sp³-hybridized carbons (Fsp3) is 0.708. The van der Waals surface area contributed by atoms with Crippen LogP contribution in [-0.4, -0.2) is 35.0 Å². The van der Waals surface area contributed by atoms with Gasteiger partial charge in [-0.05, 0) is 62.6 Å². The molecular formula is C24H31FO7. The normalized spacial score (nSPS) is 43.8. The maximum absolute atomic E-state index is 14.8. The molecule has 5 aliphatic rings. The van der Waals surface area contributed by atoms with E-state index in [2.05, 4.69) is 6.92 Å². The van der Waals surface area contributed by atoms with Crippen molar-refractivity contribution in [2.75, 3.05) is 0 Å². The van der Waals surface area contributed by atoms with Gasteiger partial charge in [0.1, 0.15) is 0 Å². The molecule has 9 atom stereocenters. The zero-order chi connectivity index (χ0) is 22.8. The van der Waals surface area contributed by atoms with Gasteiger partial charge in [-0.15, -0.1) is 0 Å². The molecule has 0 radical (unpaired) electrons. The summed E-state index contributed by atoms with van der Waals surface area (Å²) >= 11 is 0. The second kappa shape index (κ2) is 7.65. The maximum Gasteiger partial charge on any atom is 0.310 e. The van der Waals surface area contributed by atoms with Gasteiger partial charge in [-0.3, -0.25) is 4.79 Å². The summed E-state index contributed by atoms with van der Waals surface area (Å²) in [5.41, 5.74) is -0.322. The van der Waals surface area contributed by atoms with E-state index in [9.17, 15) is 14.3 Å². The van der Waals surface area contributed by atoms with Gasteiger partial charge >= 0.3 is 5.97 Å². The molecule has 1 aliphatic carbocycles. The number of aliphatic carboxylic acids is 1. The summed E-state index contributed by atoms with van der Waals surface area (Å²) in [7, 11) is 0. The van der Waals surface area contributed by atoms with Gasteiger partial charge in [0.2, 0.25) is 12.1 Å². The maximum atomic E-state index is 14.8. The Morgan fingerprint density at radius 2 is 2.00 bits per heavy atom. The van der Waals surface area contributed by atoms with Crippen molar-refractivity contribution in [3.8, 4) is 5.75 Å². The number of carbonyl (C=O) groups is 1. The average Bonchev–Trinajstić information content (AvgIpc) is 2.98. The van der Waals surface area contributed by atoms with Gasteiger partial charge in [0.15, 0.2) is 23.5 Å². The number of hydrogen-bond acceptors (Lipinski definition) is 6. The molecule has 1 N–H and O–H groups in total. The van der Waals surface area contributed by atoms with Crippen molar-refractivity contribution in [3.05, 3.63) is 29.6 Å². The van der Waals surface area contributed by atoms with Gasteiger partial charge < -0.3 is 19.3 Å². The molecule has 1 unspecified atom stereocenters. The van der Waals surface area contributed by atoms with Crippen LogP contribution in [0.2, 0.25) is 0 Å². The predicted octanol–water partition coefficient (Wildman–Crippen LogP) is 4.60. The highest BCUT2D eigenvalue weighted by molar-refractivity contribution is 5.75. The van der Waals surface area contributed by atoms with E-state index in [1.54, 1.807) is 6.07 Å². The second-order valence-electron chi connectivity index (χ2n) is 10.1. The van der Waals surface area contributed by atoms with Gasteiger partial charge in [-0.25, -0.2) is 14.2 Å². The fourth-order valence-electron chi connectivity index (χ4n) is 6.16. The molecule has 1 aromatic carbocycles. The monoisotopic (exact) mass is 450 g/mol. The van der Waals surface area contributed by atoms with Crippen LogP contribution in [0.5, 0.6) is 5.75 Å². The summed E-state index contributed by atoms with van der Waals surface area (Å²) in [6, 6.07) is 4.26. The third-order valence-electron chi connectivity index (χ3n) is 8.17. The van der Waals surface area contributed by atoms with Crippen molar-refractivity contribution in [2.24, 2.45) is 23.7 Å². The molecule has 2 bridgehead atoms. The Morgan fingerprint density at radius 3 is 2.72 bits per heavy atom. The number of carboxylic acid groups (broad SMARTS) is 1. The van der Waals surface area contributed by atoms with E-state index in [-0.39, 0.29) is 23.5 Å². The first-order valence-electron chi connectivity index (χ1n) is 11.5. The van der Waals surface area contributed by atoms with Gasteiger partial charge in [0, 0.05) is 18.3 Å². The van der Waals surface area contributed by atoms with Gasteiger partial charge in [-0.2, -0.15) is 0 Å². The molecule has 0 aromatic heterocycles. The zero-order valence-electron chi connectivity index (χ0n) is 18.9. The number of rotatable bonds is 4. The Balaban J connectivity index is 1.43. The van der Waals surface area contributed by atoms with E-state index in [0.717, 1.165) is 19.3 Å². The van der Waals surface area contributed by atoms with Crippen molar-refractivity contribution in [2.45, 2.75) is 83.3 Å². The summed E-state index contributed by atoms with van der Waals surface area (Å²) in [4.78, 5) is 23.1. The highest BCUT2D eigenvalue weighted by Crippen LogP contribution is 2.60. The Bertz CT molecular complexity index is 908. The van der Waals surface area contributed by atoms with Crippen LogP contribution >= 0.6 is 0 Å². The third-order valence-corrected chi connectivity index (χ3v) is 8.17. The smallest absolute Gasteiger partial charge is 0.310 e. The molecule has 1 aromatic rings. The van der Waals surface area contributed by atoms with Crippen molar-refractivity contribution >= 4 is 5.97 Å². The van der Waals surface area contributed by atoms with Gasteiger partial charge in [0.25, 0.3) is 0 Å². The molecule has 7 nitrogen and oxygen atoms in total. The van der Waals surface area contributed by atoms with E-state index in [1.807, 2.05) is 13.8 Å². The van der Waals surface area contributed by atoms with E-state index >= 15 is 0 Å². The molecule has 1 spiro atoms. The Kier molecular flexibility index (Phi) is 5.28. The molecule has 6 rings (SSSR count). The number of hydrogen-bond donors (Lipinski definition) is 1. The van der Waals surface area contributed by atoms with Gasteiger partial charge in [0.05, 0.1) is 5.92 Å². The van der Waals surface area contributed by atoms with Crippen LogP contribution in [-0.2, 0) is 24.0 Å². The molecule has 0 amide bonds. The minimum absolute atomic E-state index is 0.0297. The Morgan fingerprint density at radius 1 is 1.22 bits per heavy atom. The average molecular weight is 451 g/mol. The van der Waals surface area contributed by atoms with Crippen molar-refractivity contribution < 1.29 is 38.3 Å². The summed E-state index contributed by atoms with van der Waals surface area (Å²) in [6.07, 6.45) is 2.24. The number of halogens is 1. The van der Waals surface area contributed by atoms with Crippen molar-refractivity contribution in [1.82, 2.24) is 0 Å². The topological polar surface area (TPSA) is 83.5 Å². The van der Waals surface area contributed by atoms with Crippen LogP contribution in [0.4, 0.5) is 4.39 Å². The Labute approximate surface area is 187 Å². The van der Waals surface area contributed by atoms with Crippen LogP contribution in [0.15, 0.2) is 18.2 Å². The number of ether oxygens (including phenoxy) is 3. The van der Waals surface area contributed by atoms with Crippen LogP contribution in [0.1, 0.15) is 64.9 Å². The van der Waals surface area contributed by atoms with Crippen molar-refractivity contribution in [3.63, 3.8) is 0 Å². The highest BCUT2D eigenvalue weighted by atomic mass is 19.1. The fourth-order valence-corrected chi connectivity index (χ4v) is 6.16. The molecular weight excluding hydrogens is 419 g/mol. The third kappa shape index (κ3) is 3.26. The first kappa shape index (κ1) is 22.1. The van der Waals surface area contributed by atoms with E-state index in [1.165, 1.54) is 19.1 Å². The zero-order valence-corrected chi connectivity index (χ0v) is 18.9. The standard InChI is InChI=1S/C24H31FO7/c1-12-5-7-17-14(3)21(28-19-8-6-15(11-18(19)25)13(2)20(26)27)29-22-24(17)16(12)9-10-23(4,30-22)31-32-24/h6,8,11-14,16-17,21-22H,5,7,9-10H2,1-4H3,(H,26,27)/t12-,13?,14-,16+,17+,21-,22-,23-,24-/m1/s1. The van der Waals surface area contributed by atoms with Crippen LogP contribution in [0.25, 0.3) is 0 Å². The lowest BCUT2D eigenvalue weighted by molar-refractivity contribution is -0.575. The van der Waals surface area contributed by atoms with Gasteiger partial charge in [-0.1, -0.05) is 19.9 Å². The minimum Gasteiger partial charge on any atom is -0.481 e. The number of carboxylic acids is 1. The first-order chi connectivity index (χ1) is 15.1. The predicted molar refractivity (Wildman–Crippen MR) is 110 cm³/mol. The molecule has 4 aliphatic heterocycles. The lowest BCUT2D eigenvalue weighted by atomic mass is 9.58. The molecule has 8 heteroatoms.